The molecule has 0 amide bonds. The van der Waals surface area contributed by atoms with Gasteiger partial charge in [-0.3, -0.25) is 9.35 Å². The fraction of sp³-hybridized carbons (Fsp3) is 0.800. The van der Waals surface area contributed by atoms with Gasteiger partial charge in [-0.15, -0.1) is 0 Å². The molecule has 1 fully saturated rings. The molecule has 2 bridgehead atoms. The van der Waals surface area contributed by atoms with E-state index in [9.17, 15) is 26.4 Å². The zero-order valence-electron chi connectivity index (χ0n) is 13.3. The van der Waals surface area contributed by atoms with Crippen LogP contribution in [0, 0.1) is 11.3 Å². The molecular formula is C15H21F3O5S. The van der Waals surface area contributed by atoms with Crippen LogP contribution >= 0.6 is 0 Å². The molecule has 2 aliphatic rings. The summed E-state index contributed by atoms with van der Waals surface area (Å²) in [6, 6.07) is 0. The van der Waals surface area contributed by atoms with E-state index in [0.29, 0.717) is 19.3 Å². The molecule has 9 heteroatoms. The van der Waals surface area contributed by atoms with Crippen LogP contribution in [0.5, 0.6) is 0 Å². The Kier molecular flexibility index (Phi) is 5.34. The van der Waals surface area contributed by atoms with Gasteiger partial charge in [0.15, 0.2) is 6.17 Å². The summed E-state index contributed by atoms with van der Waals surface area (Å²) in [5.41, 5.74) is 0.484. The van der Waals surface area contributed by atoms with Crippen LogP contribution in [-0.2, 0) is 19.6 Å². The van der Waals surface area contributed by atoms with Crippen LogP contribution in [0.25, 0.3) is 0 Å². The third kappa shape index (κ3) is 3.77. The number of rotatable bonds is 6. The second kappa shape index (κ2) is 6.67. The van der Waals surface area contributed by atoms with Crippen molar-refractivity contribution in [2.75, 3.05) is 6.61 Å². The highest BCUT2D eigenvalue weighted by Crippen LogP contribution is 2.48. The Morgan fingerprint density at radius 3 is 2.83 bits per heavy atom. The number of halogens is 3. The summed E-state index contributed by atoms with van der Waals surface area (Å²) in [6.07, 6.45) is 1.53. The second-order valence-corrected chi connectivity index (χ2v) is 8.24. The zero-order valence-corrected chi connectivity index (χ0v) is 14.1. The number of carbonyl (C=O) groups excluding carboxylic acids is 1. The highest BCUT2D eigenvalue weighted by Gasteiger charge is 2.52. The third-order valence-corrected chi connectivity index (χ3v) is 5.64. The summed E-state index contributed by atoms with van der Waals surface area (Å²) in [5, 5.41) is -4.92. The minimum atomic E-state index is -5.85. The molecule has 3 atom stereocenters. The van der Waals surface area contributed by atoms with E-state index < -0.39 is 46.0 Å². The Hall–Kier alpha value is -1.09. The lowest BCUT2D eigenvalue weighted by Gasteiger charge is -2.41. The van der Waals surface area contributed by atoms with Crippen molar-refractivity contribution in [3.05, 3.63) is 11.6 Å². The number of fused-ring (bicyclic) bond motifs is 2. The minimum absolute atomic E-state index is 0.208. The van der Waals surface area contributed by atoms with Gasteiger partial charge in [-0.1, -0.05) is 18.6 Å². The molecule has 0 saturated heterocycles. The maximum atomic E-state index is 13.4. The average molecular weight is 370 g/mol. The van der Waals surface area contributed by atoms with Gasteiger partial charge in [0.1, 0.15) is 0 Å². The van der Waals surface area contributed by atoms with Crippen molar-refractivity contribution >= 4 is 16.1 Å². The second-order valence-electron chi connectivity index (χ2n) is 6.75. The molecule has 138 valence electrons. The quantitative estimate of drug-likeness (QED) is 0.441. The first-order valence-corrected chi connectivity index (χ1v) is 9.28. The van der Waals surface area contributed by atoms with Crippen LogP contribution in [0.2, 0.25) is 0 Å². The van der Waals surface area contributed by atoms with Gasteiger partial charge in [-0.05, 0) is 38.0 Å². The molecule has 0 radical (unpaired) electrons. The fourth-order valence-electron chi connectivity index (χ4n) is 3.65. The van der Waals surface area contributed by atoms with E-state index in [2.05, 4.69) is 6.08 Å². The minimum Gasteiger partial charge on any atom is -0.465 e. The highest BCUT2D eigenvalue weighted by molar-refractivity contribution is 7.86. The SMILES string of the molecule is CC1C=C2CCCC(C(=O)OCCC(F)C(F)(F)S(=O)(=O)O)(C2)C1. The molecule has 2 aliphatic carbocycles. The predicted octanol–water partition coefficient (Wildman–Crippen LogP) is 3.27. The van der Waals surface area contributed by atoms with Crippen LogP contribution in [0.3, 0.4) is 0 Å². The molecule has 5 nitrogen and oxygen atoms in total. The van der Waals surface area contributed by atoms with E-state index in [1.54, 1.807) is 0 Å². The van der Waals surface area contributed by atoms with Gasteiger partial charge in [0.25, 0.3) is 0 Å². The molecule has 0 heterocycles. The van der Waals surface area contributed by atoms with Gasteiger partial charge in [0, 0.05) is 6.42 Å². The fourth-order valence-corrected chi connectivity index (χ4v) is 4.10. The van der Waals surface area contributed by atoms with E-state index in [-0.39, 0.29) is 5.92 Å². The van der Waals surface area contributed by atoms with E-state index >= 15 is 0 Å². The molecule has 0 aromatic rings. The maximum absolute atomic E-state index is 13.4. The number of alkyl halides is 3. The number of hydrogen-bond donors (Lipinski definition) is 1. The summed E-state index contributed by atoms with van der Waals surface area (Å²) in [4.78, 5) is 12.4. The first kappa shape index (κ1) is 19.2. The Morgan fingerprint density at radius 1 is 1.54 bits per heavy atom. The van der Waals surface area contributed by atoms with Gasteiger partial charge in [-0.2, -0.15) is 17.2 Å². The molecule has 3 unspecified atom stereocenters. The molecule has 0 aliphatic heterocycles. The zero-order chi connectivity index (χ0) is 18.2. The molecule has 24 heavy (non-hydrogen) atoms. The van der Waals surface area contributed by atoms with Crippen LogP contribution in [0.1, 0.15) is 45.4 Å². The Balaban J connectivity index is 1.93. The van der Waals surface area contributed by atoms with Crippen LogP contribution < -0.4 is 0 Å². The number of ether oxygens (including phenoxy) is 1. The molecule has 1 N–H and O–H groups in total. The monoisotopic (exact) mass is 370 g/mol. The van der Waals surface area contributed by atoms with Gasteiger partial charge >= 0.3 is 21.3 Å². The van der Waals surface area contributed by atoms with Crippen LogP contribution in [-0.4, -0.2) is 37.0 Å². The van der Waals surface area contributed by atoms with Crippen molar-refractivity contribution in [2.24, 2.45) is 11.3 Å². The Morgan fingerprint density at radius 2 is 2.21 bits per heavy atom. The highest BCUT2D eigenvalue weighted by atomic mass is 32.2. The van der Waals surface area contributed by atoms with E-state index in [1.807, 2.05) is 6.92 Å². The first-order chi connectivity index (χ1) is 11.0. The lowest BCUT2D eigenvalue weighted by molar-refractivity contribution is -0.159. The number of carbonyl (C=O) groups is 1. The molecule has 0 aromatic heterocycles. The van der Waals surface area contributed by atoms with Crippen molar-refractivity contribution in [2.45, 2.75) is 56.9 Å². The maximum Gasteiger partial charge on any atom is 0.400 e. The van der Waals surface area contributed by atoms with Gasteiger partial charge in [0.05, 0.1) is 12.0 Å². The van der Waals surface area contributed by atoms with Gasteiger partial charge in [0.2, 0.25) is 0 Å². The van der Waals surface area contributed by atoms with E-state index in [0.717, 1.165) is 12.8 Å². The van der Waals surface area contributed by atoms with Crippen LogP contribution in [0.4, 0.5) is 13.2 Å². The summed E-state index contributed by atoms with van der Waals surface area (Å²) >= 11 is 0. The molecular weight excluding hydrogens is 349 g/mol. The van der Waals surface area contributed by atoms with Crippen molar-refractivity contribution in [1.29, 1.82) is 0 Å². The molecule has 2 rings (SSSR count). The normalized spacial score (nSPS) is 28.9. The summed E-state index contributed by atoms with van der Waals surface area (Å²) in [7, 11) is -5.85. The Bertz CT molecular complexity index is 631. The molecule has 0 aromatic carbocycles. The molecule has 0 spiro atoms. The third-order valence-electron chi connectivity index (χ3n) is 4.70. The standard InChI is InChI=1S/C15H21F3O5S/c1-10-7-11-3-2-5-14(8-10,9-11)13(19)23-6-4-12(16)15(17,18)24(20,21)22/h7,10,12H,2-6,8-9H2,1H3,(H,20,21,22). The van der Waals surface area contributed by atoms with Crippen molar-refractivity contribution < 1.29 is 35.7 Å². The number of esters is 1. The van der Waals surface area contributed by atoms with E-state index in [4.69, 9.17) is 9.29 Å². The summed E-state index contributed by atoms with van der Waals surface area (Å²) in [5.74, 6) is -0.346. The first-order valence-electron chi connectivity index (χ1n) is 7.84. The van der Waals surface area contributed by atoms with Gasteiger partial charge < -0.3 is 4.74 Å². The van der Waals surface area contributed by atoms with Crippen LogP contribution in [0.15, 0.2) is 11.6 Å². The number of hydrogen-bond acceptors (Lipinski definition) is 4. The lowest BCUT2D eigenvalue weighted by Crippen LogP contribution is -2.41. The molecule has 1 saturated carbocycles. The predicted molar refractivity (Wildman–Crippen MR) is 79.7 cm³/mol. The summed E-state index contributed by atoms with van der Waals surface area (Å²) in [6.45, 7) is 1.32. The van der Waals surface area contributed by atoms with Crippen molar-refractivity contribution in [3.8, 4) is 0 Å². The Labute approximate surface area is 139 Å². The largest absolute Gasteiger partial charge is 0.465 e. The van der Waals surface area contributed by atoms with E-state index in [1.165, 1.54) is 5.57 Å². The van der Waals surface area contributed by atoms with Crippen molar-refractivity contribution in [1.82, 2.24) is 0 Å². The summed E-state index contributed by atoms with van der Waals surface area (Å²) < 4.78 is 73.8. The number of allylic oxidation sites excluding steroid dienone is 2. The van der Waals surface area contributed by atoms with Gasteiger partial charge in [-0.25, -0.2) is 4.39 Å². The topological polar surface area (TPSA) is 80.7 Å². The smallest absolute Gasteiger partial charge is 0.400 e. The average Bonchev–Trinajstić information content (AvgIpc) is 2.44. The van der Waals surface area contributed by atoms with Crippen molar-refractivity contribution in [3.63, 3.8) is 0 Å². The lowest BCUT2D eigenvalue weighted by atomic mass is 9.64.